The van der Waals surface area contributed by atoms with Gasteiger partial charge in [-0.15, -0.1) is 0 Å². The van der Waals surface area contributed by atoms with E-state index in [9.17, 15) is 9.59 Å². The summed E-state index contributed by atoms with van der Waals surface area (Å²) in [6, 6.07) is 6.28. The average molecular weight is 333 g/mol. The van der Waals surface area contributed by atoms with Crippen LogP contribution in [0.1, 0.15) is 33.6 Å². The average Bonchev–Trinajstić information content (AvgIpc) is 3.04. The predicted molar refractivity (Wildman–Crippen MR) is 87.3 cm³/mol. The Morgan fingerprint density at radius 3 is 2.42 bits per heavy atom. The van der Waals surface area contributed by atoms with E-state index < -0.39 is 11.9 Å². The molecule has 0 aliphatic carbocycles. The van der Waals surface area contributed by atoms with Crippen LogP contribution >= 0.6 is 0 Å². The molecule has 1 N–H and O–H groups in total. The van der Waals surface area contributed by atoms with E-state index in [4.69, 9.17) is 19.0 Å². The van der Waals surface area contributed by atoms with Crippen LogP contribution in [-0.4, -0.2) is 38.3 Å². The molecule has 128 valence electrons. The first-order valence-corrected chi connectivity index (χ1v) is 7.29. The van der Waals surface area contributed by atoms with Gasteiger partial charge in [0.2, 0.25) is 0 Å². The van der Waals surface area contributed by atoms with Gasteiger partial charge in [-0.1, -0.05) is 6.92 Å². The predicted octanol–water partition coefficient (Wildman–Crippen LogP) is 2.83. The number of ether oxygens (including phenoxy) is 2. The van der Waals surface area contributed by atoms with Crippen LogP contribution in [0.25, 0.3) is 0 Å². The van der Waals surface area contributed by atoms with E-state index in [1.807, 2.05) is 0 Å². The summed E-state index contributed by atoms with van der Waals surface area (Å²) >= 11 is 0. The highest BCUT2D eigenvalue weighted by Crippen LogP contribution is 2.32. The molecule has 0 atom stereocenters. The number of carbonyl (C=O) groups is 2. The molecule has 0 bridgehead atoms. The van der Waals surface area contributed by atoms with E-state index in [0.717, 1.165) is 0 Å². The van der Waals surface area contributed by atoms with E-state index in [0.29, 0.717) is 23.6 Å². The molecule has 1 aromatic heterocycles. The van der Waals surface area contributed by atoms with Crippen molar-refractivity contribution < 1.29 is 28.6 Å². The maximum Gasteiger partial charge on any atom is 0.339 e. The Bertz CT molecular complexity index is 764. The SMILES string of the molecule is CCc1oc(C(=O)N(C)c2ccc(OC)cc2OC)cc1C(=O)O. The van der Waals surface area contributed by atoms with Crippen molar-refractivity contribution in [2.45, 2.75) is 13.3 Å². The van der Waals surface area contributed by atoms with Crippen molar-refractivity contribution in [3.05, 3.63) is 41.3 Å². The molecule has 1 aromatic carbocycles. The van der Waals surface area contributed by atoms with E-state index in [1.54, 1.807) is 32.2 Å². The lowest BCUT2D eigenvalue weighted by molar-refractivity contribution is 0.0694. The van der Waals surface area contributed by atoms with Crippen molar-refractivity contribution in [3.8, 4) is 11.5 Å². The number of hydrogen-bond donors (Lipinski definition) is 1. The molecular weight excluding hydrogens is 314 g/mol. The van der Waals surface area contributed by atoms with Gasteiger partial charge in [-0.2, -0.15) is 0 Å². The van der Waals surface area contributed by atoms with Crippen molar-refractivity contribution >= 4 is 17.6 Å². The number of anilines is 1. The van der Waals surface area contributed by atoms with Gasteiger partial charge in [0.1, 0.15) is 22.8 Å². The van der Waals surface area contributed by atoms with Crippen molar-refractivity contribution in [1.82, 2.24) is 0 Å². The zero-order valence-corrected chi connectivity index (χ0v) is 14.0. The molecule has 0 unspecified atom stereocenters. The Hall–Kier alpha value is -2.96. The molecule has 1 amide bonds. The first-order valence-electron chi connectivity index (χ1n) is 7.29. The zero-order chi connectivity index (χ0) is 17.9. The number of nitrogens with zero attached hydrogens (tertiary/aromatic N) is 1. The second kappa shape index (κ2) is 7.08. The minimum Gasteiger partial charge on any atom is -0.497 e. The second-order valence-corrected chi connectivity index (χ2v) is 5.01. The van der Waals surface area contributed by atoms with E-state index in [2.05, 4.69) is 0 Å². The highest BCUT2D eigenvalue weighted by Gasteiger charge is 2.24. The Balaban J connectivity index is 2.38. The number of aromatic carboxylic acids is 1. The Kier molecular flexibility index (Phi) is 5.13. The lowest BCUT2D eigenvalue weighted by Gasteiger charge is -2.19. The molecule has 0 saturated carbocycles. The van der Waals surface area contributed by atoms with Crippen LogP contribution in [0.5, 0.6) is 11.5 Å². The van der Waals surface area contributed by atoms with Gasteiger partial charge >= 0.3 is 5.97 Å². The summed E-state index contributed by atoms with van der Waals surface area (Å²) in [5.74, 6) is -0.327. The van der Waals surface area contributed by atoms with Crippen LogP contribution in [0, 0.1) is 0 Å². The fourth-order valence-electron chi connectivity index (χ4n) is 2.31. The molecule has 0 fully saturated rings. The quantitative estimate of drug-likeness (QED) is 0.874. The number of methoxy groups -OCH3 is 2. The van der Waals surface area contributed by atoms with Crippen LogP contribution in [0.4, 0.5) is 5.69 Å². The summed E-state index contributed by atoms with van der Waals surface area (Å²) in [5.41, 5.74) is 0.505. The third-order valence-corrected chi connectivity index (χ3v) is 3.62. The highest BCUT2D eigenvalue weighted by atomic mass is 16.5. The summed E-state index contributed by atoms with van der Waals surface area (Å²) < 4.78 is 15.8. The van der Waals surface area contributed by atoms with Crippen LogP contribution in [0.15, 0.2) is 28.7 Å². The summed E-state index contributed by atoms with van der Waals surface area (Å²) in [6.45, 7) is 1.76. The molecule has 24 heavy (non-hydrogen) atoms. The first kappa shape index (κ1) is 17.4. The lowest BCUT2D eigenvalue weighted by Crippen LogP contribution is -2.26. The fourth-order valence-corrected chi connectivity index (χ4v) is 2.31. The van der Waals surface area contributed by atoms with Crippen molar-refractivity contribution in [2.75, 3.05) is 26.2 Å². The number of benzene rings is 1. The van der Waals surface area contributed by atoms with Gasteiger partial charge in [0.05, 0.1) is 19.9 Å². The van der Waals surface area contributed by atoms with Gasteiger partial charge in [0.15, 0.2) is 5.76 Å². The van der Waals surface area contributed by atoms with Gasteiger partial charge in [-0.05, 0) is 12.1 Å². The zero-order valence-electron chi connectivity index (χ0n) is 14.0. The van der Waals surface area contributed by atoms with Crippen LogP contribution in [0.3, 0.4) is 0 Å². The molecule has 0 radical (unpaired) electrons. The van der Waals surface area contributed by atoms with E-state index >= 15 is 0 Å². The van der Waals surface area contributed by atoms with Gasteiger partial charge in [-0.25, -0.2) is 4.79 Å². The summed E-state index contributed by atoms with van der Waals surface area (Å²) in [5, 5.41) is 9.17. The first-order chi connectivity index (χ1) is 11.4. The molecule has 2 rings (SSSR count). The molecular formula is C17H19NO6. The van der Waals surface area contributed by atoms with Crippen molar-refractivity contribution in [2.24, 2.45) is 0 Å². The smallest absolute Gasteiger partial charge is 0.339 e. The molecule has 2 aromatic rings. The number of hydrogen-bond acceptors (Lipinski definition) is 5. The van der Waals surface area contributed by atoms with E-state index in [-0.39, 0.29) is 17.1 Å². The lowest BCUT2D eigenvalue weighted by atomic mass is 10.2. The standard InChI is InChI=1S/C17H19NO6/c1-5-13-11(17(20)21)9-15(24-13)16(19)18(2)12-7-6-10(22-3)8-14(12)23-4/h6-9H,5H2,1-4H3,(H,20,21). The molecule has 0 saturated heterocycles. The monoisotopic (exact) mass is 333 g/mol. The summed E-state index contributed by atoms with van der Waals surface area (Å²) in [7, 11) is 4.58. The number of carboxylic acid groups (broad SMARTS) is 1. The Morgan fingerprint density at radius 1 is 1.21 bits per heavy atom. The second-order valence-electron chi connectivity index (χ2n) is 5.01. The highest BCUT2D eigenvalue weighted by molar-refractivity contribution is 6.06. The van der Waals surface area contributed by atoms with Gasteiger partial charge < -0.3 is 23.9 Å². The van der Waals surface area contributed by atoms with Crippen LogP contribution in [-0.2, 0) is 6.42 Å². The molecule has 0 aliphatic rings. The molecule has 0 spiro atoms. The number of furan rings is 1. The minimum absolute atomic E-state index is 0.00375. The summed E-state index contributed by atoms with van der Waals surface area (Å²) in [4.78, 5) is 25.2. The number of carbonyl (C=O) groups excluding carboxylic acids is 1. The molecule has 0 aliphatic heterocycles. The van der Waals surface area contributed by atoms with Crippen LogP contribution < -0.4 is 14.4 Å². The van der Waals surface area contributed by atoms with Crippen molar-refractivity contribution in [3.63, 3.8) is 0 Å². The minimum atomic E-state index is -1.13. The Morgan fingerprint density at radius 2 is 1.92 bits per heavy atom. The fraction of sp³-hybridized carbons (Fsp3) is 0.294. The number of carboxylic acids is 1. The van der Waals surface area contributed by atoms with E-state index in [1.165, 1.54) is 25.2 Å². The molecule has 7 nitrogen and oxygen atoms in total. The number of amides is 1. The van der Waals surface area contributed by atoms with Crippen LogP contribution in [0.2, 0.25) is 0 Å². The third kappa shape index (κ3) is 3.19. The Labute approximate surface area is 139 Å². The third-order valence-electron chi connectivity index (χ3n) is 3.62. The van der Waals surface area contributed by atoms with Gasteiger partial charge in [0.25, 0.3) is 5.91 Å². The maximum atomic E-state index is 12.6. The molecule has 1 heterocycles. The summed E-state index contributed by atoms with van der Waals surface area (Å²) in [6.07, 6.45) is 0.379. The maximum absolute atomic E-state index is 12.6. The number of aryl methyl sites for hydroxylation is 1. The van der Waals surface area contributed by atoms with Gasteiger partial charge in [0, 0.05) is 25.6 Å². The largest absolute Gasteiger partial charge is 0.497 e. The normalized spacial score (nSPS) is 10.3. The molecule has 7 heteroatoms. The van der Waals surface area contributed by atoms with Gasteiger partial charge in [-0.3, -0.25) is 4.79 Å². The number of rotatable bonds is 6. The van der Waals surface area contributed by atoms with Crippen molar-refractivity contribution in [1.29, 1.82) is 0 Å². The topological polar surface area (TPSA) is 89.2 Å².